The summed E-state index contributed by atoms with van der Waals surface area (Å²) in [5, 5.41) is 11.0. The number of halogens is 1. The Kier molecular flexibility index (Phi) is 3.84. The Bertz CT molecular complexity index is 725. The van der Waals surface area contributed by atoms with Gasteiger partial charge < -0.3 is 12.4 Å². The number of hydrogen-bond donors (Lipinski definition) is 1. The maximum Gasteiger partial charge on any atom is 0.358 e. The molecule has 0 bridgehead atoms. The van der Waals surface area contributed by atoms with Crippen molar-refractivity contribution in [1.29, 1.82) is 0 Å². The van der Waals surface area contributed by atoms with Gasteiger partial charge in [-0.2, -0.15) is 4.90 Å². The lowest BCUT2D eigenvalue weighted by Crippen LogP contribution is -3.10. The van der Waals surface area contributed by atoms with Gasteiger partial charge in [0.2, 0.25) is 5.69 Å². The Morgan fingerprint density at radius 1 is 0.857 bits per heavy atom. The predicted molar refractivity (Wildman–Crippen MR) is 68.8 cm³/mol. The number of amides is 2. The van der Waals surface area contributed by atoms with E-state index in [2.05, 4.69) is 0 Å². The molecule has 0 radical (unpaired) electrons. The van der Waals surface area contributed by atoms with Crippen molar-refractivity contribution in [3.63, 3.8) is 0 Å². The van der Waals surface area contributed by atoms with Crippen LogP contribution in [0.15, 0.2) is 48.5 Å². The first-order valence-corrected chi connectivity index (χ1v) is 5.90. The number of rotatable bonds is 2. The zero-order valence-electron chi connectivity index (χ0n) is 10.6. The second-order valence-electron chi connectivity index (χ2n) is 4.35. The number of quaternary nitrogens is 1. The molecule has 0 aliphatic carbocycles. The van der Waals surface area contributed by atoms with E-state index in [4.69, 9.17) is 0 Å². The molecular formula is C14H9ClN2O4. The van der Waals surface area contributed by atoms with Crippen LogP contribution in [-0.2, 0) is 0 Å². The Balaban J connectivity index is 0.00000161. The lowest BCUT2D eigenvalue weighted by Gasteiger charge is -2.06. The van der Waals surface area contributed by atoms with Gasteiger partial charge in [0.25, 0.3) is 0 Å². The van der Waals surface area contributed by atoms with Crippen molar-refractivity contribution in [2.75, 3.05) is 0 Å². The number of nitrogens with zero attached hydrogens (tertiary/aromatic N) is 1. The molecule has 106 valence electrons. The summed E-state index contributed by atoms with van der Waals surface area (Å²) in [6, 6.07) is 12.2. The van der Waals surface area contributed by atoms with Crippen molar-refractivity contribution in [1.82, 2.24) is 0 Å². The highest BCUT2D eigenvalue weighted by molar-refractivity contribution is 6.13. The van der Waals surface area contributed by atoms with Gasteiger partial charge in [-0.1, -0.05) is 24.3 Å². The number of nitrogens with one attached hydrogen (secondary N) is 1. The fraction of sp³-hybridized carbons (Fsp3) is 0. The number of nitro groups is 1. The standard InChI is InChI=1S/C14H8N2O4.ClH/c17-13-9-5-1-2-6-10(9)14(18)15(13)11-7-3-4-8-12(11)16(19)20;/h1-8H;1H. The van der Waals surface area contributed by atoms with E-state index < -0.39 is 16.7 Å². The molecule has 0 saturated heterocycles. The van der Waals surface area contributed by atoms with Gasteiger partial charge in [-0.05, 0) is 12.1 Å². The molecule has 2 aromatic carbocycles. The molecule has 0 fully saturated rings. The van der Waals surface area contributed by atoms with Crippen molar-refractivity contribution < 1.29 is 31.8 Å². The first kappa shape index (κ1) is 14.8. The molecule has 6 nitrogen and oxygen atoms in total. The number of fused-ring (bicyclic) bond motifs is 1. The van der Waals surface area contributed by atoms with Crippen LogP contribution in [0.25, 0.3) is 0 Å². The minimum Gasteiger partial charge on any atom is -1.00 e. The van der Waals surface area contributed by atoms with E-state index in [9.17, 15) is 19.7 Å². The van der Waals surface area contributed by atoms with E-state index >= 15 is 0 Å². The maximum atomic E-state index is 12.3. The van der Waals surface area contributed by atoms with E-state index in [0.29, 0.717) is 11.1 Å². The highest BCUT2D eigenvalue weighted by Crippen LogP contribution is 2.22. The zero-order chi connectivity index (χ0) is 14.3. The Morgan fingerprint density at radius 2 is 1.33 bits per heavy atom. The Labute approximate surface area is 125 Å². The number of hydrogen-bond acceptors (Lipinski definition) is 4. The number of nitro benzene ring substituents is 1. The molecule has 2 amide bonds. The van der Waals surface area contributed by atoms with Gasteiger partial charge in [-0.25, -0.2) is 9.59 Å². The molecule has 3 rings (SSSR count). The summed E-state index contributed by atoms with van der Waals surface area (Å²) in [6.45, 7) is 0. The highest BCUT2D eigenvalue weighted by atomic mass is 35.5. The van der Waals surface area contributed by atoms with Crippen molar-refractivity contribution in [2.24, 2.45) is 0 Å². The van der Waals surface area contributed by atoms with E-state index in [0.717, 1.165) is 0 Å². The predicted octanol–water partition coefficient (Wildman–Crippen LogP) is -1.89. The third-order valence-corrected chi connectivity index (χ3v) is 3.24. The van der Waals surface area contributed by atoms with Crippen LogP contribution in [0.4, 0.5) is 11.4 Å². The lowest BCUT2D eigenvalue weighted by molar-refractivity contribution is -0.644. The summed E-state index contributed by atoms with van der Waals surface area (Å²) in [5.74, 6) is -0.917. The molecule has 0 atom stereocenters. The van der Waals surface area contributed by atoms with Gasteiger partial charge in [0.1, 0.15) is 0 Å². The molecule has 1 aliphatic heterocycles. The number of benzene rings is 2. The summed E-state index contributed by atoms with van der Waals surface area (Å²) < 4.78 is 0. The zero-order valence-corrected chi connectivity index (χ0v) is 11.3. The molecule has 7 heteroatoms. The van der Waals surface area contributed by atoms with E-state index in [-0.39, 0.29) is 28.7 Å². The van der Waals surface area contributed by atoms with Crippen molar-refractivity contribution in [2.45, 2.75) is 0 Å². The van der Waals surface area contributed by atoms with Crippen molar-refractivity contribution in [3.8, 4) is 0 Å². The average molecular weight is 305 g/mol. The summed E-state index contributed by atoms with van der Waals surface area (Å²) >= 11 is 0. The van der Waals surface area contributed by atoms with Crippen LogP contribution in [0.1, 0.15) is 20.7 Å². The number of carbonyl (C=O) groups excluding carboxylic acids is 2. The van der Waals surface area contributed by atoms with Gasteiger partial charge in [0.15, 0.2) is 0 Å². The van der Waals surface area contributed by atoms with Crippen LogP contribution in [0.2, 0.25) is 0 Å². The lowest BCUT2D eigenvalue weighted by atomic mass is 10.1. The van der Waals surface area contributed by atoms with Gasteiger partial charge >= 0.3 is 17.5 Å². The Hall–Kier alpha value is -2.57. The summed E-state index contributed by atoms with van der Waals surface area (Å²) in [7, 11) is 0. The largest absolute Gasteiger partial charge is 1.00 e. The topological polar surface area (TPSA) is 81.7 Å². The summed E-state index contributed by atoms with van der Waals surface area (Å²) in [6.07, 6.45) is 0. The van der Waals surface area contributed by atoms with E-state index in [1.54, 1.807) is 30.3 Å². The maximum absolute atomic E-state index is 12.3. The number of imide groups is 1. The van der Waals surface area contributed by atoms with E-state index in [1.807, 2.05) is 0 Å². The van der Waals surface area contributed by atoms with Gasteiger partial charge in [-0.15, -0.1) is 0 Å². The third-order valence-electron chi connectivity index (χ3n) is 3.24. The van der Waals surface area contributed by atoms with Crippen LogP contribution in [-0.4, -0.2) is 16.7 Å². The number of para-hydroxylation sites is 2. The molecular weight excluding hydrogens is 296 g/mol. The third kappa shape index (κ3) is 2.20. The quantitative estimate of drug-likeness (QED) is 0.400. The van der Waals surface area contributed by atoms with Crippen LogP contribution in [0.3, 0.4) is 0 Å². The molecule has 21 heavy (non-hydrogen) atoms. The molecule has 1 heterocycles. The second kappa shape index (κ2) is 5.43. The van der Waals surface area contributed by atoms with Crippen LogP contribution in [0, 0.1) is 10.1 Å². The normalized spacial score (nSPS) is 13.7. The molecule has 0 spiro atoms. The van der Waals surface area contributed by atoms with Gasteiger partial charge in [-0.3, -0.25) is 10.1 Å². The Morgan fingerprint density at radius 3 is 1.86 bits per heavy atom. The molecule has 0 unspecified atom stereocenters. The second-order valence-corrected chi connectivity index (χ2v) is 4.35. The first-order valence-electron chi connectivity index (χ1n) is 5.90. The summed E-state index contributed by atoms with van der Waals surface area (Å²) in [4.78, 5) is 34.9. The van der Waals surface area contributed by atoms with Gasteiger partial charge in [0.05, 0.1) is 16.1 Å². The van der Waals surface area contributed by atoms with E-state index in [1.165, 1.54) is 18.2 Å². The fourth-order valence-electron chi connectivity index (χ4n) is 2.34. The van der Waals surface area contributed by atoms with Crippen molar-refractivity contribution >= 4 is 23.2 Å². The minimum atomic E-state index is -0.591. The smallest absolute Gasteiger partial charge is 0.358 e. The van der Waals surface area contributed by atoms with Gasteiger partial charge in [0, 0.05) is 12.1 Å². The van der Waals surface area contributed by atoms with Crippen LogP contribution in [0.5, 0.6) is 0 Å². The molecule has 0 saturated carbocycles. The number of carbonyl (C=O) groups is 2. The molecule has 0 aromatic heterocycles. The molecule has 2 aromatic rings. The van der Waals surface area contributed by atoms with Crippen molar-refractivity contribution in [3.05, 3.63) is 69.8 Å². The van der Waals surface area contributed by atoms with Crippen LogP contribution >= 0.6 is 0 Å². The monoisotopic (exact) mass is 304 g/mol. The fourth-order valence-corrected chi connectivity index (χ4v) is 2.34. The molecule has 1 aliphatic rings. The first-order chi connectivity index (χ1) is 9.61. The average Bonchev–Trinajstić information content (AvgIpc) is 2.71. The molecule has 1 N–H and O–H groups in total. The highest BCUT2D eigenvalue weighted by Gasteiger charge is 2.45. The SMILES string of the molecule is O=C1c2ccccc2C(=O)[NH+]1c1ccccc1[N+](=O)[O-].[Cl-]. The van der Waals surface area contributed by atoms with Crippen LogP contribution < -0.4 is 17.3 Å². The summed E-state index contributed by atoms with van der Waals surface area (Å²) in [5.41, 5.74) is 0.428. The minimum absolute atomic E-state index is 0.